The van der Waals surface area contributed by atoms with E-state index in [4.69, 9.17) is 10.5 Å². The van der Waals surface area contributed by atoms with Gasteiger partial charge in [-0.05, 0) is 30.3 Å². The highest BCUT2D eigenvalue weighted by atomic mass is 19.1. The molecule has 0 saturated carbocycles. The first-order valence-electron chi connectivity index (χ1n) is 6.02. The summed E-state index contributed by atoms with van der Waals surface area (Å²) in [7, 11) is 0. The van der Waals surface area contributed by atoms with Gasteiger partial charge in [-0.1, -0.05) is 0 Å². The lowest BCUT2D eigenvalue weighted by Gasteiger charge is -2.08. The van der Waals surface area contributed by atoms with E-state index in [1.807, 2.05) is 0 Å². The van der Waals surface area contributed by atoms with Crippen LogP contribution in [0.2, 0.25) is 0 Å². The Morgan fingerprint density at radius 3 is 2.75 bits per heavy atom. The summed E-state index contributed by atoms with van der Waals surface area (Å²) in [6.45, 7) is 0.609. The Hall–Kier alpha value is -2.63. The first-order chi connectivity index (χ1) is 9.65. The van der Waals surface area contributed by atoms with Crippen molar-refractivity contribution in [3.8, 4) is 5.75 Å². The quantitative estimate of drug-likeness (QED) is 0.642. The maximum Gasteiger partial charge on any atom is 0.253 e. The standard InChI is InChI=1S/C14H14FN3O2/c15-11-7-10(8-17-9-11)14(19)18-5-6-20-13-3-1-12(16)2-4-13/h1-4,7-9H,5-6,16H2,(H,18,19). The lowest BCUT2D eigenvalue weighted by Crippen LogP contribution is -2.28. The van der Waals surface area contributed by atoms with E-state index < -0.39 is 11.7 Å². The number of nitrogens with zero attached hydrogens (tertiary/aromatic N) is 1. The van der Waals surface area contributed by atoms with E-state index in [9.17, 15) is 9.18 Å². The fourth-order valence-corrected chi connectivity index (χ4v) is 1.54. The number of carbonyl (C=O) groups is 1. The Bertz CT molecular complexity index is 587. The largest absolute Gasteiger partial charge is 0.492 e. The van der Waals surface area contributed by atoms with Crippen molar-refractivity contribution in [1.29, 1.82) is 0 Å². The second-order valence-electron chi connectivity index (χ2n) is 4.07. The zero-order valence-electron chi connectivity index (χ0n) is 10.7. The molecule has 0 spiro atoms. The number of aromatic nitrogens is 1. The molecule has 1 aromatic heterocycles. The van der Waals surface area contributed by atoms with Crippen LogP contribution < -0.4 is 15.8 Å². The van der Waals surface area contributed by atoms with Crippen molar-refractivity contribution in [2.45, 2.75) is 0 Å². The molecule has 6 heteroatoms. The van der Waals surface area contributed by atoms with Crippen LogP contribution in [-0.2, 0) is 0 Å². The number of nitrogen functional groups attached to an aromatic ring is 1. The van der Waals surface area contributed by atoms with Gasteiger partial charge in [-0.2, -0.15) is 0 Å². The minimum Gasteiger partial charge on any atom is -0.492 e. The van der Waals surface area contributed by atoms with Crippen LogP contribution in [0.25, 0.3) is 0 Å². The van der Waals surface area contributed by atoms with E-state index in [0.717, 1.165) is 12.3 Å². The van der Waals surface area contributed by atoms with Crippen molar-refractivity contribution in [3.05, 3.63) is 54.1 Å². The highest BCUT2D eigenvalue weighted by Gasteiger charge is 2.06. The smallest absolute Gasteiger partial charge is 0.253 e. The van der Waals surface area contributed by atoms with Crippen LogP contribution >= 0.6 is 0 Å². The molecule has 20 heavy (non-hydrogen) atoms. The first-order valence-corrected chi connectivity index (χ1v) is 6.02. The Balaban J connectivity index is 1.76. The molecular formula is C14H14FN3O2. The molecule has 0 radical (unpaired) electrons. The molecule has 3 N–H and O–H groups in total. The molecule has 5 nitrogen and oxygen atoms in total. The summed E-state index contributed by atoms with van der Waals surface area (Å²) in [5.41, 5.74) is 6.38. The fraction of sp³-hybridized carbons (Fsp3) is 0.143. The normalized spacial score (nSPS) is 10.1. The summed E-state index contributed by atoms with van der Waals surface area (Å²) in [6, 6.07) is 8.07. The van der Waals surface area contributed by atoms with Gasteiger partial charge in [0.25, 0.3) is 5.91 Å². The van der Waals surface area contributed by atoms with Crippen molar-refractivity contribution in [2.24, 2.45) is 0 Å². The summed E-state index contributed by atoms with van der Waals surface area (Å²) < 4.78 is 18.3. The van der Waals surface area contributed by atoms with Gasteiger partial charge in [-0.3, -0.25) is 9.78 Å². The van der Waals surface area contributed by atoms with Gasteiger partial charge in [0.05, 0.1) is 18.3 Å². The van der Waals surface area contributed by atoms with Crippen LogP contribution in [0, 0.1) is 5.82 Å². The van der Waals surface area contributed by atoms with Gasteiger partial charge in [0.2, 0.25) is 0 Å². The molecule has 1 heterocycles. The number of nitrogens with one attached hydrogen (secondary N) is 1. The minimum atomic E-state index is -0.546. The summed E-state index contributed by atoms with van der Waals surface area (Å²) in [5.74, 6) is -0.269. The van der Waals surface area contributed by atoms with Gasteiger partial charge in [0.15, 0.2) is 0 Å². The van der Waals surface area contributed by atoms with Crippen LogP contribution in [0.1, 0.15) is 10.4 Å². The minimum absolute atomic E-state index is 0.178. The van der Waals surface area contributed by atoms with E-state index >= 15 is 0 Å². The van der Waals surface area contributed by atoms with Crippen LogP contribution in [0.15, 0.2) is 42.7 Å². The highest BCUT2D eigenvalue weighted by molar-refractivity contribution is 5.93. The van der Waals surface area contributed by atoms with Crippen LogP contribution in [0.3, 0.4) is 0 Å². The summed E-state index contributed by atoms with van der Waals surface area (Å²) in [5, 5.41) is 2.61. The van der Waals surface area contributed by atoms with E-state index in [0.29, 0.717) is 24.6 Å². The van der Waals surface area contributed by atoms with Crippen LogP contribution in [0.4, 0.5) is 10.1 Å². The van der Waals surface area contributed by atoms with Crippen molar-refractivity contribution in [3.63, 3.8) is 0 Å². The molecule has 0 atom stereocenters. The molecule has 1 aromatic carbocycles. The van der Waals surface area contributed by atoms with Crippen LogP contribution in [-0.4, -0.2) is 24.0 Å². The lowest BCUT2D eigenvalue weighted by atomic mass is 10.2. The molecule has 0 aliphatic carbocycles. The number of nitrogens with two attached hydrogens (primary N) is 1. The van der Waals surface area contributed by atoms with E-state index in [-0.39, 0.29) is 5.56 Å². The average Bonchev–Trinajstić information content (AvgIpc) is 2.45. The average molecular weight is 275 g/mol. The summed E-state index contributed by atoms with van der Waals surface area (Å²) >= 11 is 0. The number of halogens is 1. The number of ether oxygens (including phenoxy) is 1. The Morgan fingerprint density at radius 2 is 2.05 bits per heavy atom. The number of rotatable bonds is 5. The number of benzene rings is 1. The molecule has 2 rings (SSSR count). The van der Waals surface area contributed by atoms with Crippen molar-refractivity contribution < 1.29 is 13.9 Å². The Labute approximate surface area is 115 Å². The molecule has 0 aliphatic rings. The SMILES string of the molecule is Nc1ccc(OCCNC(=O)c2cncc(F)c2)cc1. The zero-order chi connectivity index (χ0) is 14.4. The van der Waals surface area contributed by atoms with Crippen molar-refractivity contribution in [1.82, 2.24) is 10.3 Å². The molecule has 0 fully saturated rings. The number of hydrogen-bond acceptors (Lipinski definition) is 4. The maximum atomic E-state index is 12.9. The second-order valence-corrected chi connectivity index (χ2v) is 4.07. The first kappa shape index (κ1) is 13.8. The topological polar surface area (TPSA) is 77.2 Å². The lowest BCUT2D eigenvalue weighted by molar-refractivity contribution is 0.0946. The van der Waals surface area contributed by atoms with Gasteiger partial charge in [-0.25, -0.2) is 4.39 Å². The molecule has 2 aromatic rings. The maximum absolute atomic E-state index is 12.9. The molecular weight excluding hydrogens is 261 g/mol. The van der Waals surface area contributed by atoms with Gasteiger partial charge < -0.3 is 15.8 Å². The van der Waals surface area contributed by atoms with E-state index in [1.165, 1.54) is 6.20 Å². The number of carbonyl (C=O) groups excluding carboxylic acids is 1. The van der Waals surface area contributed by atoms with Crippen molar-refractivity contribution >= 4 is 11.6 Å². The highest BCUT2D eigenvalue weighted by Crippen LogP contribution is 2.12. The van der Waals surface area contributed by atoms with Crippen LogP contribution in [0.5, 0.6) is 5.75 Å². The van der Waals surface area contributed by atoms with E-state index in [2.05, 4.69) is 10.3 Å². The third-order valence-corrected chi connectivity index (χ3v) is 2.50. The van der Waals surface area contributed by atoms with Gasteiger partial charge in [0, 0.05) is 11.9 Å². The monoisotopic (exact) mass is 275 g/mol. The molecule has 1 amide bonds. The molecule has 0 aliphatic heterocycles. The Morgan fingerprint density at radius 1 is 1.30 bits per heavy atom. The predicted octanol–water partition coefficient (Wildman–Crippen LogP) is 1.61. The summed E-state index contributed by atoms with van der Waals surface area (Å²) in [4.78, 5) is 15.3. The molecule has 0 bridgehead atoms. The number of amides is 1. The summed E-state index contributed by atoms with van der Waals surface area (Å²) in [6.07, 6.45) is 2.35. The third-order valence-electron chi connectivity index (χ3n) is 2.50. The Kier molecular flexibility index (Phi) is 4.49. The van der Waals surface area contributed by atoms with Gasteiger partial charge >= 0.3 is 0 Å². The zero-order valence-corrected chi connectivity index (χ0v) is 10.7. The predicted molar refractivity (Wildman–Crippen MR) is 72.9 cm³/mol. The third kappa shape index (κ3) is 3.94. The van der Waals surface area contributed by atoms with Gasteiger partial charge in [0.1, 0.15) is 18.2 Å². The molecule has 0 unspecified atom stereocenters. The van der Waals surface area contributed by atoms with Crippen molar-refractivity contribution in [2.75, 3.05) is 18.9 Å². The van der Waals surface area contributed by atoms with E-state index in [1.54, 1.807) is 24.3 Å². The molecule has 104 valence electrons. The fourth-order valence-electron chi connectivity index (χ4n) is 1.54. The molecule has 0 saturated heterocycles. The number of anilines is 1. The number of hydrogen-bond donors (Lipinski definition) is 2. The second kappa shape index (κ2) is 6.51. The van der Waals surface area contributed by atoms with Gasteiger partial charge in [-0.15, -0.1) is 0 Å². The number of pyridine rings is 1.